The predicted molar refractivity (Wildman–Crippen MR) is 102 cm³/mol. The molecule has 0 bridgehead atoms. The Morgan fingerprint density at radius 3 is 2.71 bits per heavy atom. The van der Waals surface area contributed by atoms with E-state index in [4.69, 9.17) is 4.74 Å². The Labute approximate surface area is 162 Å². The van der Waals surface area contributed by atoms with Gasteiger partial charge in [-0.15, -0.1) is 5.10 Å². The standard InChI is InChI=1S/C21H21N5O2/c27-20(17-5-3-6-18(14-17)26-15-22-23-24-26)25-12-10-21(11-13-25)9-8-16-4-1-2-7-19(16)28-21/h1-7,14-15H,8-13H2. The number of benzene rings is 2. The summed E-state index contributed by atoms with van der Waals surface area (Å²) in [5.74, 6) is 1.05. The number of hydrogen-bond donors (Lipinski definition) is 0. The molecule has 7 nitrogen and oxygen atoms in total. The van der Waals surface area contributed by atoms with Gasteiger partial charge in [-0.05, 0) is 53.1 Å². The molecule has 142 valence electrons. The zero-order valence-electron chi connectivity index (χ0n) is 15.5. The van der Waals surface area contributed by atoms with Crippen molar-refractivity contribution in [1.82, 2.24) is 25.1 Å². The number of fused-ring (bicyclic) bond motifs is 1. The van der Waals surface area contributed by atoms with Gasteiger partial charge in [-0.3, -0.25) is 4.79 Å². The van der Waals surface area contributed by atoms with Crippen LogP contribution in [0, 0.1) is 0 Å². The van der Waals surface area contributed by atoms with Gasteiger partial charge in [-0.25, -0.2) is 4.68 Å². The van der Waals surface area contributed by atoms with Crippen LogP contribution in [0.15, 0.2) is 54.9 Å². The number of hydrogen-bond acceptors (Lipinski definition) is 5. The van der Waals surface area contributed by atoms with E-state index in [-0.39, 0.29) is 11.5 Å². The number of aromatic nitrogens is 4. The molecule has 0 aliphatic carbocycles. The minimum Gasteiger partial charge on any atom is -0.487 e. The zero-order chi connectivity index (χ0) is 19.0. The molecular formula is C21H21N5O2. The summed E-state index contributed by atoms with van der Waals surface area (Å²) in [6, 6.07) is 15.7. The van der Waals surface area contributed by atoms with Crippen molar-refractivity contribution < 1.29 is 9.53 Å². The van der Waals surface area contributed by atoms with E-state index in [2.05, 4.69) is 33.7 Å². The summed E-state index contributed by atoms with van der Waals surface area (Å²) >= 11 is 0. The van der Waals surface area contributed by atoms with Gasteiger partial charge < -0.3 is 9.64 Å². The molecule has 3 aromatic rings. The molecule has 1 saturated heterocycles. The molecule has 2 aliphatic rings. The van der Waals surface area contributed by atoms with Gasteiger partial charge in [-0.1, -0.05) is 24.3 Å². The summed E-state index contributed by atoms with van der Waals surface area (Å²) in [6.07, 6.45) is 5.30. The average molecular weight is 375 g/mol. The molecule has 0 saturated carbocycles. The molecule has 5 rings (SSSR count). The van der Waals surface area contributed by atoms with Gasteiger partial charge in [0.1, 0.15) is 17.7 Å². The molecule has 1 fully saturated rings. The van der Waals surface area contributed by atoms with Gasteiger partial charge in [0.15, 0.2) is 0 Å². The Bertz CT molecular complexity index is 994. The van der Waals surface area contributed by atoms with Crippen LogP contribution in [0.3, 0.4) is 0 Å². The van der Waals surface area contributed by atoms with E-state index in [0.717, 1.165) is 37.1 Å². The van der Waals surface area contributed by atoms with Gasteiger partial charge in [-0.2, -0.15) is 0 Å². The van der Waals surface area contributed by atoms with Crippen LogP contribution in [-0.2, 0) is 6.42 Å². The van der Waals surface area contributed by atoms with Crippen molar-refractivity contribution >= 4 is 5.91 Å². The largest absolute Gasteiger partial charge is 0.487 e. The number of carbonyl (C=O) groups excluding carboxylic acids is 1. The minimum atomic E-state index is -0.140. The number of para-hydroxylation sites is 1. The first kappa shape index (κ1) is 16.9. The van der Waals surface area contributed by atoms with E-state index in [1.54, 1.807) is 4.68 Å². The third-order valence-electron chi connectivity index (χ3n) is 5.82. The van der Waals surface area contributed by atoms with Crippen molar-refractivity contribution in [2.24, 2.45) is 0 Å². The molecular weight excluding hydrogens is 354 g/mol. The highest BCUT2D eigenvalue weighted by Gasteiger charge is 2.40. The van der Waals surface area contributed by atoms with Crippen molar-refractivity contribution in [1.29, 1.82) is 0 Å². The smallest absolute Gasteiger partial charge is 0.253 e. The Morgan fingerprint density at radius 1 is 1.04 bits per heavy atom. The van der Waals surface area contributed by atoms with Gasteiger partial charge in [0.25, 0.3) is 5.91 Å². The molecule has 0 N–H and O–H groups in total. The minimum absolute atomic E-state index is 0.0426. The summed E-state index contributed by atoms with van der Waals surface area (Å²) in [4.78, 5) is 14.9. The molecule has 28 heavy (non-hydrogen) atoms. The first-order chi connectivity index (χ1) is 13.7. The Morgan fingerprint density at radius 2 is 1.89 bits per heavy atom. The van der Waals surface area contributed by atoms with Crippen LogP contribution in [0.5, 0.6) is 5.75 Å². The second kappa shape index (κ2) is 6.74. The first-order valence-electron chi connectivity index (χ1n) is 9.62. The number of aryl methyl sites for hydroxylation is 1. The molecule has 7 heteroatoms. The number of likely N-dealkylation sites (tertiary alicyclic amines) is 1. The summed E-state index contributed by atoms with van der Waals surface area (Å²) in [7, 11) is 0. The van der Waals surface area contributed by atoms with Crippen molar-refractivity contribution in [3.63, 3.8) is 0 Å². The van der Waals surface area contributed by atoms with Crippen LogP contribution < -0.4 is 4.74 Å². The van der Waals surface area contributed by atoms with E-state index in [1.165, 1.54) is 11.9 Å². The fourth-order valence-corrected chi connectivity index (χ4v) is 4.17. The summed E-state index contributed by atoms with van der Waals surface area (Å²) in [5, 5.41) is 11.2. The van der Waals surface area contributed by atoms with E-state index in [1.807, 2.05) is 35.2 Å². The fraction of sp³-hybridized carbons (Fsp3) is 0.333. The van der Waals surface area contributed by atoms with Crippen LogP contribution in [0.25, 0.3) is 5.69 Å². The quantitative estimate of drug-likeness (QED) is 0.689. The van der Waals surface area contributed by atoms with Crippen LogP contribution in [0.4, 0.5) is 0 Å². The third-order valence-corrected chi connectivity index (χ3v) is 5.82. The maximum absolute atomic E-state index is 13.0. The van der Waals surface area contributed by atoms with E-state index in [9.17, 15) is 4.79 Å². The lowest BCUT2D eigenvalue weighted by atomic mass is 9.83. The second-order valence-electron chi connectivity index (χ2n) is 7.49. The molecule has 2 aromatic carbocycles. The van der Waals surface area contributed by atoms with Crippen molar-refractivity contribution in [2.45, 2.75) is 31.3 Å². The van der Waals surface area contributed by atoms with Crippen LogP contribution in [0.1, 0.15) is 35.2 Å². The first-order valence-corrected chi connectivity index (χ1v) is 9.62. The fourth-order valence-electron chi connectivity index (χ4n) is 4.17. The number of tetrazole rings is 1. The SMILES string of the molecule is O=C(c1cccc(-n2cnnn2)c1)N1CCC2(CCc3ccccc3O2)CC1. The topological polar surface area (TPSA) is 73.1 Å². The van der Waals surface area contributed by atoms with E-state index >= 15 is 0 Å². The molecule has 0 atom stereocenters. The van der Waals surface area contributed by atoms with E-state index < -0.39 is 0 Å². The number of rotatable bonds is 2. The molecule has 0 unspecified atom stereocenters. The van der Waals surface area contributed by atoms with Crippen LogP contribution in [0.2, 0.25) is 0 Å². The maximum Gasteiger partial charge on any atom is 0.253 e. The number of ether oxygens (including phenoxy) is 1. The summed E-state index contributed by atoms with van der Waals surface area (Å²) in [5.41, 5.74) is 2.57. The normalized spacial score (nSPS) is 17.8. The zero-order valence-corrected chi connectivity index (χ0v) is 15.5. The Kier molecular flexibility index (Phi) is 4.07. The Balaban J connectivity index is 1.29. The molecule has 2 aliphatic heterocycles. The lowest BCUT2D eigenvalue weighted by molar-refractivity contribution is -0.0106. The predicted octanol–water partition coefficient (Wildman–Crippen LogP) is 2.66. The van der Waals surface area contributed by atoms with Crippen molar-refractivity contribution in [3.05, 3.63) is 66.0 Å². The maximum atomic E-state index is 13.0. The van der Waals surface area contributed by atoms with Gasteiger partial charge in [0.2, 0.25) is 0 Å². The highest BCUT2D eigenvalue weighted by Crippen LogP contribution is 2.39. The number of amides is 1. The van der Waals surface area contributed by atoms with Gasteiger partial charge in [0.05, 0.1) is 5.69 Å². The second-order valence-corrected chi connectivity index (χ2v) is 7.49. The molecule has 1 aromatic heterocycles. The summed E-state index contributed by atoms with van der Waals surface area (Å²) < 4.78 is 7.95. The van der Waals surface area contributed by atoms with Crippen molar-refractivity contribution in [3.8, 4) is 11.4 Å². The van der Waals surface area contributed by atoms with Crippen molar-refractivity contribution in [2.75, 3.05) is 13.1 Å². The number of nitrogens with zero attached hydrogens (tertiary/aromatic N) is 5. The average Bonchev–Trinajstić information content (AvgIpc) is 3.29. The number of carbonyl (C=O) groups is 1. The Hall–Kier alpha value is -3.22. The molecule has 1 amide bonds. The number of piperidine rings is 1. The van der Waals surface area contributed by atoms with Gasteiger partial charge in [0, 0.05) is 31.5 Å². The lowest BCUT2D eigenvalue weighted by Crippen LogP contribution is -2.51. The van der Waals surface area contributed by atoms with Gasteiger partial charge >= 0.3 is 0 Å². The highest BCUT2D eigenvalue weighted by atomic mass is 16.5. The van der Waals surface area contributed by atoms with Crippen LogP contribution >= 0.6 is 0 Å². The molecule has 0 radical (unpaired) electrons. The summed E-state index contributed by atoms with van der Waals surface area (Å²) in [6.45, 7) is 1.41. The molecule has 3 heterocycles. The highest BCUT2D eigenvalue weighted by molar-refractivity contribution is 5.94. The monoisotopic (exact) mass is 375 g/mol. The lowest BCUT2D eigenvalue weighted by Gasteiger charge is -2.44. The molecule has 1 spiro atoms. The third kappa shape index (κ3) is 3.02. The van der Waals surface area contributed by atoms with Crippen LogP contribution in [-0.4, -0.2) is 49.7 Å². The van der Waals surface area contributed by atoms with E-state index in [0.29, 0.717) is 18.7 Å².